The highest BCUT2D eigenvalue weighted by Crippen LogP contribution is 2.48. The van der Waals surface area contributed by atoms with Crippen LogP contribution in [0.25, 0.3) is 87.6 Å². The third-order valence-corrected chi connectivity index (χ3v) is 8.85. The molecule has 1 nitrogen and oxygen atoms in total. The van der Waals surface area contributed by atoms with Gasteiger partial charge in [-0.2, -0.15) is 0 Å². The molecule has 1 heterocycles. The molecule has 200 valence electrons. The normalized spacial score (nSPS) is 11.7. The van der Waals surface area contributed by atoms with E-state index in [1.807, 2.05) is 0 Å². The summed E-state index contributed by atoms with van der Waals surface area (Å²) >= 11 is 0. The van der Waals surface area contributed by atoms with Gasteiger partial charge in [0.1, 0.15) is 11.2 Å². The highest BCUT2D eigenvalue weighted by atomic mass is 16.3. The highest BCUT2D eigenvalue weighted by Gasteiger charge is 2.22. The van der Waals surface area contributed by atoms with Gasteiger partial charge in [-0.1, -0.05) is 140 Å². The van der Waals surface area contributed by atoms with E-state index in [-0.39, 0.29) is 0 Å². The summed E-state index contributed by atoms with van der Waals surface area (Å²) < 4.78 is 6.66. The fourth-order valence-corrected chi connectivity index (χ4v) is 6.96. The van der Waals surface area contributed by atoms with Crippen molar-refractivity contribution in [2.24, 2.45) is 0 Å². The average molecular weight is 547 g/mol. The van der Waals surface area contributed by atoms with Crippen LogP contribution < -0.4 is 0 Å². The van der Waals surface area contributed by atoms with Crippen molar-refractivity contribution in [2.45, 2.75) is 0 Å². The molecule has 0 saturated carbocycles. The standard InChI is InChI=1S/C42H26O/c1-2-13-28(14-3-1)31-24-25-37(41-36-20-10-11-21-38(36)43-42(31)41)40-34-18-8-6-16-32(34)39(33-17-7-9-19-35(33)40)30-23-22-27-12-4-5-15-29(27)26-30/h1-26H. The summed E-state index contributed by atoms with van der Waals surface area (Å²) in [6.07, 6.45) is 0. The number of para-hydroxylation sites is 1. The van der Waals surface area contributed by atoms with Crippen molar-refractivity contribution in [3.8, 4) is 33.4 Å². The quantitative estimate of drug-likeness (QED) is 0.201. The molecular formula is C42H26O. The molecule has 0 saturated heterocycles. The summed E-state index contributed by atoms with van der Waals surface area (Å²) in [5.74, 6) is 0. The van der Waals surface area contributed by atoms with E-state index in [0.717, 1.165) is 33.1 Å². The minimum atomic E-state index is 0.906. The summed E-state index contributed by atoms with van der Waals surface area (Å²) in [5.41, 5.74) is 9.03. The lowest BCUT2D eigenvalue weighted by atomic mass is 9.84. The number of furan rings is 1. The molecule has 0 N–H and O–H groups in total. The molecule has 0 aliphatic rings. The second-order valence-electron chi connectivity index (χ2n) is 11.2. The molecule has 1 aromatic heterocycles. The predicted molar refractivity (Wildman–Crippen MR) is 183 cm³/mol. The minimum absolute atomic E-state index is 0.906. The Bertz CT molecular complexity index is 2440. The molecule has 1 heteroatoms. The van der Waals surface area contributed by atoms with Crippen LogP contribution in [0.5, 0.6) is 0 Å². The van der Waals surface area contributed by atoms with Gasteiger partial charge >= 0.3 is 0 Å². The van der Waals surface area contributed by atoms with Gasteiger partial charge in [-0.05, 0) is 78.3 Å². The van der Waals surface area contributed by atoms with Crippen molar-refractivity contribution >= 4 is 54.3 Å². The summed E-state index contributed by atoms with van der Waals surface area (Å²) in [6.45, 7) is 0. The highest BCUT2D eigenvalue weighted by molar-refractivity contribution is 6.26. The molecule has 0 amide bonds. The van der Waals surface area contributed by atoms with Crippen molar-refractivity contribution < 1.29 is 4.42 Å². The maximum absolute atomic E-state index is 6.66. The second kappa shape index (κ2) is 9.44. The Hall–Kier alpha value is -5.66. The number of hydrogen-bond donors (Lipinski definition) is 0. The molecule has 0 radical (unpaired) electrons. The van der Waals surface area contributed by atoms with E-state index >= 15 is 0 Å². The van der Waals surface area contributed by atoms with Crippen molar-refractivity contribution in [1.82, 2.24) is 0 Å². The zero-order valence-corrected chi connectivity index (χ0v) is 23.4. The Labute approximate surface area is 249 Å². The Morgan fingerprint density at radius 1 is 0.349 bits per heavy atom. The summed E-state index contributed by atoms with van der Waals surface area (Å²) in [6, 6.07) is 56.7. The zero-order chi connectivity index (χ0) is 28.3. The topological polar surface area (TPSA) is 13.1 Å². The second-order valence-corrected chi connectivity index (χ2v) is 11.2. The molecule has 43 heavy (non-hydrogen) atoms. The number of rotatable bonds is 3. The van der Waals surface area contributed by atoms with Gasteiger partial charge in [0.15, 0.2) is 0 Å². The van der Waals surface area contributed by atoms with Gasteiger partial charge in [-0.3, -0.25) is 0 Å². The lowest BCUT2D eigenvalue weighted by Crippen LogP contribution is -1.92. The van der Waals surface area contributed by atoms with Gasteiger partial charge in [-0.25, -0.2) is 0 Å². The predicted octanol–water partition coefficient (Wildman–Crippen LogP) is 12.0. The van der Waals surface area contributed by atoms with Crippen molar-refractivity contribution in [3.63, 3.8) is 0 Å². The number of fused-ring (bicyclic) bond motifs is 6. The maximum Gasteiger partial charge on any atom is 0.143 e. The lowest BCUT2D eigenvalue weighted by molar-refractivity contribution is 0.670. The van der Waals surface area contributed by atoms with Crippen LogP contribution in [0.1, 0.15) is 0 Å². The summed E-state index contributed by atoms with van der Waals surface area (Å²) in [7, 11) is 0. The van der Waals surface area contributed by atoms with Crippen LogP contribution in [0, 0.1) is 0 Å². The molecule has 0 unspecified atom stereocenters. The van der Waals surface area contributed by atoms with E-state index in [4.69, 9.17) is 4.42 Å². The molecule has 8 aromatic carbocycles. The molecule has 0 bridgehead atoms. The lowest BCUT2D eigenvalue weighted by Gasteiger charge is -2.19. The molecule has 0 spiro atoms. The van der Waals surface area contributed by atoms with Crippen molar-refractivity contribution in [3.05, 3.63) is 158 Å². The van der Waals surface area contributed by atoms with Crippen LogP contribution in [-0.2, 0) is 0 Å². The summed E-state index contributed by atoms with van der Waals surface area (Å²) in [4.78, 5) is 0. The average Bonchev–Trinajstić information content (AvgIpc) is 3.47. The monoisotopic (exact) mass is 546 g/mol. The van der Waals surface area contributed by atoms with Crippen LogP contribution in [-0.4, -0.2) is 0 Å². The zero-order valence-electron chi connectivity index (χ0n) is 23.4. The van der Waals surface area contributed by atoms with Crippen LogP contribution in [0.2, 0.25) is 0 Å². The Morgan fingerprint density at radius 3 is 1.63 bits per heavy atom. The molecule has 0 aliphatic carbocycles. The Balaban J connectivity index is 1.43. The van der Waals surface area contributed by atoms with Gasteiger partial charge in [-0.15, -0.1) is 0 Å². The summed E-state index contributed by atoms with van der Waals surface area (Å²) in [5, 5.41) is 9.78. The van der Waals surface area contributed by atoms with Gasteiger partial charge < -0.3 is 4.42 Å². The van der Waals surface area contributed by atoms with E-state index in [9.17, 15) is 0 Å². The number of hydrogen-bond acceptors (Lipinski definition) is 1. The molecule has 0 fully saturated rings. The fraction of sp³-hybridized carbons (Fsp3) is 0. The molecular weight excluding hydrogens is 520 g/mol. The SMILES string of the molecule is c1ccc(-c2ccc(-c3c4ccccc4c(-c4ccc5ccccc5c4)c4ccccc34)c3c2oc2ccccc23)cc1. The first-order valence-electron chi connectivity index (χ1n) is 14.8. The van der Waals surface area contributed by atoms with Gasteiger partial charge in [0.25, 0.3) is 0 Å². The van der Waals surface area contributed by atoms with Crippen molar-refractivity contribution in [1.29, 1.82) is 0 Å². The van der Waals surface area contributed by atoms with Crippen LogP contribution in [0.3, 0.4) is 0 Å². The van der Waals surface area contributed by atoms with E-state index in [0.29, 0.717) is 0 Å². The smallest absolute Gasteiger partial charge is 0.143 e. The number of benzene rings is 8. The largest absolute Gasteiger partial charge is 0.455 e. The molecule has 9 aromatic rings. The Morgan fingerprint density at radius 2 is 0.907 bits per heavy atom. The van der Waals surface area contributed by atoms with Crippen LogP contribution in [0.15, 0.2) is 162 Å². The third-order valence-electron chi connectivity index (χ3n) is 8.85. The Kier molecular flexibility index (Phi) is 5.27. The first-order valence-corrected chi connectivity index (χ1v) is 14.8. The van der Waals surface area contributed by atoms with E-state index < -0.39 is 0 Å². The van der Waals surface area contributed by atoms with Gasteiger partial charge in [0.05, 0.1) is 0 Å². The molecule has 0 atom stereocenters. The minimum Gasteiger partial charge on any atom is -0.455 e. The molecule has 0 aliphatic heterocycles. The van der Waals surface area contributed by atoms with Crippen molar-refractivity contribution in [2.75, 3.05) is 0 Å². The van der Waals surface area contributed by atoms with E-state index in [2.05, 4.69) is 158 Å². The molecule has 9 rings (SSSR count). The van der Waals surface area contributed by atoms with Crippen LogP contribution in [0.4, 0.5) is 0 Å². The van der Waals surface area contributed by atoms with Gasteiger partial charge in [0.2, 0.25) is 0 Å². The first-order chi connectivity index (χ1) is 21.3. The first kappa shape index (κ1) is 24.0. The van der Waals surface area contributed by atoms with E-state index in [1.165, 1.54) is 54.6 Å². The van der Waals surface area contributed by atoms with E-state index in [1.54, 1.807) is 0 Å². The third kappa shape index (κ3) is 3.65. The van der Waals surface area contributed by atoms with Crippen LogP contribution >= 0.6 is 0 Å². The maximum atomic E-state index is 6.66. The van der Waals surface area contributed by atoms with Gasteiger partial charge in [0, 0.05) is 16.3 Å². The fourth-order valence-electron chi connectivity index (χ4n) is 6.96.